The zero-order valence-corrected chi connectivity index (χ0v) is 15.6. The highest BCUT2D eigenvalue weighted by molar-refractivity contribution is 6.03. The molecule has 0 radical (unpaired) electrons. The summed E-state index contributed by atoms with van der Waals surface area (Å²) in [5.41, 5.74) is 0.894. The second-order valence-electron chi connectivity index (χ2n) is 7.07. The second-order valence-corrected chi connectivity index (χ2v) is 7.07. The maximum atomic E-state index is 12.8. The minimum Gasteiger partial charge on any atom is -0.481 e. The van der Waals surface area contributed by atoms with E-state index in [2.05, 4.69) is 12.2 Å². The van der Waals surface area contributed by atoms with Crippen LogP contribution in [0.5, 0.6) is 0 Å². The number of para-hydroxylation sites is 1. The molecular weight excluding hydrogens is 334 g/mol. The van der Waals surface area contributed by atoms with Gasteiger partial charge in [-0.1, -0.05) is 26.0 Å². The molecular formula is C19H27N3O4. The Morgan fingerprint density at radius 3 is 2.50 bits per heavy atom. The SMILES string of the molecule is CC1CCN(C(=O)c2ccccc2NC(=O)N(C)CC(C)C(=O)O)CC1. The molecule has 0 aromatic heterocycles. The standard InChI is InChI=1S/C19H27N3O4/c1-13-8-10-22(11-9-13)17(23)15-6-4-5-7-16(15)20-19(26)21(3)12-14(2)18(24)25/h4-7,13-14H,8-12H2,1-3H3,(H,20,26)(H,24,25). The predicted molar refractivity (Wildman–Crippen MR) is 99.2 cm³/mol. The van der Waals surface area contributed by atoms with Crippen LogP contribution in [0, 0.1) is 11.8 Å². The van der Waals surface area contributed by atoms with Crippen molar-refractivity contribution in [3.63, 3.8) is 0 Å². The first-order valence-corrected chi connectivity index (χ1v) is 8.92. The number of carbonyl (C=O) groups is 3. The van der Waals surface area contributed by atoms with Crippen LogP contribution in [0.3, 0.4) is 0 Å². The number of hydrogen-bond donors (Lipinski definition) is 2. The summed E-state index contributed by atoms with van der Waals surface area (Å²) in [6.07, 6.45) is 1.96. The average Bonchev–Trinajstić information content (AvgIpc) is 2.62. The lowest BCUT2D eigenvalue weighted by atomic mass is 9.98. The van der Waals surface area contributed by atoms with Crippen LogP contribution in [0.4, 0.5) is 10.5 Å². The molecule has 0 bridgehead atoms. The number of benzene rings is 1. The Morgan fingerprint density at radius 2 is 1.88 bits per heavy atom. The van der Waals surface area contributed by atoms with E-state index in [1.807, 2.05) is 4.90 Å². The summed E-state index contributed by atoms with van der Waals surface area (Å²) in [6, 6.07) is 6.48. The Hall–Kier alpha value is -2.57. The normalized spacial score (nSPS) is 16.0. The van der Waals surface area contributed by atoms with E-state index in [9.17, 15) is 14.4 Å². The number of hydrogen-bond acceptors (Lipinski definition) is 3. The van der Waals surface area contributed by atoms with Gasteiger partial charge in [-0.15, -0.1) is 0 Å². The Balaban J connectivity index is 2.07. The maximum Gasteiger partial charge on any atom is 0.321 e. The van der Waals surface area contributed by atoms with Crippen LogP contribution in [-0.2, 0) is 4.79 Å². The Morgan fingerprint density at radius 1 is 1.27 bits per heavy atom. The van der Waals surface area contributed by atoms with E-state index in [4.69, 9.17) is 5.11 Å². The molecule has 1 saturated heterocycles. The molecule has 1 aromatic carbocycles. The first-order chi connectivity index (χ1) is 12.3. The van der Waals surface area contributed by atoms with E-state index in [0.717, 1.165) is 25.9 Å². The molecule has 0 spiro atoms. The fourth-order valence-corrected chi connectivity index (χ4v) is 2.94. The van der Waals surface area contributed by atoms with E-state index in [-0.39, 0.29) is 12.5 Å². The Kier molecular flexibility index (Phi) is 6.60. The van der Waals surface area contributed by atoms with Gasteiger partial charge in [-0.3, -0.25) is 9.59 Å². The van der Waals surface area contributed by atoms with E-state index in [0.29, 0.717) is 17.2 Å². The van der Waals surface area contributed by atoms with Gasteiger partial charge in [-0.25, -0.2) is 4.79 Å². The quantitative estimate of drug-likeness (QED) is 0.844. The molecule has 2 rings (SSSR count). The van der Waals surface area contributed by atoms with Gasteiger partial charge >= 0.3 is 12.0 Å². The van der Waals surface area contributed by atoms with Crippen molar-refractivity contribution >= 4 is 23.6 Å². The number of nitrogens with one attached hydrogen (secondary N) is 1. The molecule has 26 heavy (non-hydrogen) atoms. The lowest BCUT2D eigenvalue weighted by Crippen LogP contribution is -2.39. The van der Waals surface area contributed by atoms with Gasteiger partial charge in [0.1, 0.15) is 0 Å². The average molecular weight is 361 g/mol. The van der Waals surface area contributed by atoms with Crippen LogP contribution < -0.4 is 5.32 Å². The van der Waals surface area contributed by atoms with Gasteiger partial charge in [-0.2, -0.15) is 0 Å². The molecule has 1 aromatic rings. The number of carbonyl (C=O) groups excluding carboxylic acids is 2. The lowest BCUT2D eigenvalue weighted by molar-refractivity contribution is -0.141. The third-order valence-electron chi connectivity index (χ3n) is 4.79. The molecule has 7 nitrogen and oxygen atoms in total. The third kappa shape index (κ3) is 4.97. The van der Waals surface area contributed by atoms with E-state index < -0.39 is 17.9 Å². The van der Waals surface area contributed by atoms with Crippen molar-refractivity contribution in [1.29, 1.82) is 0 Å². The van der Waals surface area contributed by atoms with Gasteiger partial charge in [0.25, 0.3) is 5.91 Å². The third-order valence-corrected chi connectivity index (χ3v) is 4.79. The molecule has 7 heteroatoms. The van der Waals surface area contributed by atoms with Crippen LogP contribution in [0.15, 0.2) is 24.3 Å². The van der Waals surface area contributed by atoms with Gasteiger partial charge in [0.15, 0.2) is 0 Å². The number of aliphatic carboxylic acids is 1. The van der Waals surface area contributed by atoms with Crippen LogP contribution in [-0.4, -0.2) is 59.5 Å². The number of urea groups is 1. The number of carboxylic acid groups (broad SMARTS) is 1. The summed E-state index contributed by atoms with van der Waals surface area (Å²) in [7, 11) is 1.53. The smallest absolute Gasteiger partial charge is 0.321 e. The predicted octanol–water partition coefficient (Wildman–Crippen LogP) is 2.74. The van der Waals surface area contributed by atoms with Gasteiger partial charge in [0.2, 0.25) is 0 Å². The van der Waals surface area contributed by atoms with E-state index in [1.54, 1.807) is 31.2 Å². The minimum atomic E-state index is -0.959. The highest BCUT2D eigenvalue weighted by atomic mass is 16.4. The van der Waals surface area contributed by atoms with Crippen LogP contribution in [0.2, 0.25) is 0 Å². The fourth-order valence-electron chi connectivity index (χ4n) is 2.94. The molecule has 0 saturated carbocycles. The second kappa shape index (κ2) is 8.69. The van der Waals surface area contributed by atoms with Crippen LogP contribution in [0.25, 0.3) is 0 Å². The first kappa shape index (κ1) is 19.8. The summed E-state index contributed by atoms with van der Waals surface area (Å²) in [6.45, 7) is 5.25. The largest absolute Gasteiger partial charge is 0.481 e. The molecule has 1 atom stereocenters. The summed E-state index contributed by atoms with van der Waals surface area (Å²) < 4.78 is 0. The van der Waals surface area contributed by atoms with Crippen molar-refractivity contribution in [3.8, 4) is 0 Å². The first-order valence-electron chi connectivity index (χ1n) is 8.92. The van der Waals surface area contributed by atoms with Gasteiger partial charge in [0, 0.05) is 26.7 Å². The molecule has 2 N–H and O–H groups in total. The Labute approximate surface area is 154 Å². The number of likely N-dealkylation sites (tertiary alicyclic amines) is 1. The Bertz CT molecular complexity index is 669. The fraction of sp³-hybridized carbons (Fsp3) is 0.526. The molecule has 142 valence electrons. The van der Waals surface area contributed by atoms with Crippen molar-refractivity contribution in [2.45, 2.75) is 26.7 Å². The molecule has 1 aliphatic rings. The summed E-state index contributed by atoms with van der Waals surface area (Å²) in [5.74, 6) is -1.09. The summed E-state index contributed by atoms with van der Waals surface area (Å²) in [5, 5.41) is 11.7. The highest BCUT2D eigenvalue weighted by Gasteiger charge is 2.24. The molecule has 0 aliphatic carbocycles. The lowest BCUT2D eigenvalue weighted by Gasteiger charge is -2.31. The molecule has 1 heterocycles. The van der Waals surface area contributed by atoms with Crippen LogP contribution in [0.1, 0.15) is 37.0 Å². The number of carboxylic acids is 1. The van der Waals surface area contributed by atoms with E-state index >= 15 is 0 Å². The van der Waals surface area contributed by atoms with Crippen molar-refractivity contribution in [2.24, 2.45) is 11.8 Å². The van der Waals surface area contributed by atoms with Gasteiger partial charge in [0.05, 0.1) is 17.2 Å². The zero-order chi connectivity index (χ0) is 19.3. The number of anilines is 1. The molecule has 3 amide bonds. The molecule has 1 fully saturated rings. The topological polar surface area (TPSA) is 90.0 Å². The van der Waals surface area contributed by atoms with Crippen LogP contribution >= 0.6 is 0 Å². The number of piperidine rings is 1. The van der Waals surface area contributed by atoms with E-state index in [1.165, 1.54) is 11.9 Å². The minimum absolute atomic E-state index is 0.0846. The summed E-state index contributed by atoms with van der Waals surface area (Å²) >= 11 is 0. The number of amides is 3. The summed E-state index contributed by atoms with van der Waals surface area (Å²) in [4.78, 5) is 39.3. The van der Waals surface area contributed by atoms with Gasteiger partial charge < -0.3 is 20.2 Å². The van der Waals surface area contributed by atoms with Gasteiger partial charge in [-0.05, 0) is 30.9 Å². The molecule has 1 aliphatic heterocycles. The van der Waals surface area contributed by atoms with Crippen molar-refractivity contribution in [1.82, 2.24) is 9.80 Å². The monoisotopic (exact) mass is 361 g/mol. The zero-order valence-electron chi connectivity index (χ0n) is 15.6. The number of rotatable bonds is 5. The number of nitrogens with zero attached hydrogens (tertiary/aromatic N) is 2. The molecule has 1 unspecified atom stereocenters. The maximum absolute atomic E-state index is 12.8. The van der Waals surface area contributed by atoms with Crippen molar-refractivity contribution in [3.05, 3.63) is 29.8 Å². The van der Waals surface area contributed by atoms with Crippen molar-refractivity contribution in [2.75, 3.05) is 32.0 Å². The highest BCUT2D eigenvalue weighted by Crippen LogP contribution is 2.22. The van der Waals surface area contributed by atoms with Crippen molar-refractivity contribution < 1.29 is 19.5 Å².